The molecular weight excluding hydrogens is 363 g/mol. The quantitative estimate of drug-likeness (QED) is 0.832. The van der Waals surface area contributed by atoms with Gasteiger partial charge in [-0.15, -0.1) is 24.8 Å². The second kappa shape index (κ2) is 9.10. The van der Waals surface area contributed by atoms with Gasteiger partial charge in [-0.2, -0.15) is 0 Å². The van der Waals surface area contributed by atoms with E-state index in [2.05, 4.69) is 15.2 Å². The molecule has 2 saturated heterocycles. The van der Waals surface area contributed by atoms with E-state index in [9.17, 15) is 13.6 Å². The number of piperidine rings is 1. The maximum Gasteiger partial charge on any atom is 0.257 e. The molecule has 0 radical (unpaired) electrons. The molecule has 1 aromatic heterocycles. The molecule has 2 N–H and O–H groups in total. The van der Waals surface area contributed by atoms with Crippen molar-refractivity contribution in [3.8, 4) is 0 Å². The zero-order chi connectivity index (χ0) is 15.6. The molecule has 2 fully saturated rings. The van der Waals surface area contributed by atoms with Gasteiger partial charge in [0.2, 0.25) is 0 Å². The molecule has 1 unspecified atom stereocenters. The molecule has 0 saturated carbocycles. The van der Waals surface area contributed by atoms with Gasteiger partial charge in [0, 0.05) is 50.9 Å². The van der Waals surface area contributed by atoms with Crippen LogP contribution in [0.1, 0.15) is 23.5 Å². The summed E-state index contributed by atoms with van der Waals surface area (Å²) in [6.07, 6.45) is 1.26. The maximum absolute atomic E-state index is 14.1. The number of ether oxygens (including phenoxy) is 1. The summed E-state index contributed by atoms with van der Waals surface area (Å²) >= 11 is 0. The summed E-state index contributed by atoms with van der Waals surface area (Å²) < 4.78 is 33.5. The second-order valence-corrected chi connectivity index (χ2v) is 5.94. The van der Waals surface area contributed by atoms with Crippen molar-refractivity contribution in [1.29, 1.82) is 0 Å². The minimum atomic E-state index is -2.74. The SMILES string of the molecule is Cl.Cl.O=c1[nH]cc(C2CNCCC2(F)F)cc1CN1CCOCC1. The van der Waals surface area contributed by atoms with Crippen molar-refractivity contribution >= 4 is 24.8 Å². The molecule has 1 atom stereocenters. The van der Waals surface area contributed by atoms with E-state index in [4.69, 9.17) is 4.74 Å². The van der Waals surface area contributed by atoms with Gasteiger partial charge in [-0.05, 0) is 11.6 Å². The average Bonchev–Trinajstić information content (AvgIpc) is 2.50. The minimum Gasteiger partial charge on any atom is -0.379 e. The number of alkyl halides is 2. The lowest BCUT2D eigenvalue weighted by molar-refractivity contribution is -0.0480. The lowest BCUT2D eigenvalue weighted by Gasteiger charge is -2.32. The molecule has 9 heteroatoms. The van der Waals surface area contributed by atoms with Crippen LogP contribution in [0.3, 0.4) is 0 Å². The Labute approximate surface area is 152 Å². The number of morpholine rings is 1. The van der Waals surface area contributed by atoms with E-state index in [1.54, 1.807) is 6.07 Å². The van der Waals surface area contributed by atoms with Gasteiger partial charge in [0.25, 0.3) is 11.5 Å². The van der Waals surface area contributed by atoms with Crippen molar-refractivity contribution in [2.75, 3.05) is 39.4 Å². The first kappa shape index (κ1) is 21.3. The molecule has 3 rings (SSSR count). The highest BCUT2D eigenvalue weighted by Gasteiger charge is 2.42. The number of nitrogens with one attached hydrogen (secondary N) is 2. The minimum absolute atomic E-state index is 0. The molecule has 5 nitrogen and oxygen atoms in total. The van der Waals surface area contributed by atoms with E-state index >= 15 is 0 Å². The van der Waals surface area contributed by atoms with Crippen LogP contribution in [0.5, 0.6) is 0 Å². The third kappa shape index (κ3) is 4.89. The predicted molar refractivity (Wildman–Crippen MR) is 92.8 cm³/mol. The normalized spacial score (nSPS) is 23.8. The molecule has 2 aliphatic heterocycles. The van der Waals surface area contributed by atoms with E-state index in [-0.39, 0.29) is 43.3 Å². The predicted octanol–water partition coefficient (Wildman–Crippen LogP) is 1.76. The Morgan fingerprint density at radius 3 is 2.67 bits per heavy atom. The number of H-pyrrole nitrogens is 1. The van der Waals surface area contributed by atoms with Gasteiger partial charge in [0.15, 0.2) is 0 Å². The van der Waals surface area contributed by atoms with Gasteiger partial charge in [0.1, 0.15) is 0 Å². The fraction of sp³-hybridized carbons (Fsp3) is 0.667. The molecule has 0 aromatic carbocycles. The van der Waals surface area contributed by atoms with Crippen molar-refractivity contribution in [1.82, 2.24) is 15.2 Å². The van der Waals surface area contributed by atoms with Crippen LogP contribution < -0.4 is 10.9 Å². The van der Waals surface area contributed by atoms with Gasteiger partial charge in [-0.1, -0.05) is 0 Å². The van der Waals surface area contributed by atoms with Crippen LogP contribution >= 0.6 is 24.8 Å². The number of aromatic amines is 1. The van der Waals surface area contributed by atoms with Crippen molar-refractivity contribution in [2.45, 2.75) is 24.8 Å². The van der Waals surface area contributed by atoms with Crippen molar-refractivity contribution in [2.24, 2.45) is 0 Å². The van der Waals surface area contributed by atoms with E-state index in [1.165, 1.54) is 6.20 Å². The fourth-order valence-electron chi connectivity index (χ4n) is 3.06. The first-order valence-corrected chi connectivity index (χ1v) is 7.66. The number of hydrogen-bond acceptors (Lipinski definition) is 4. The topological polar surface area (TPSA) is 57.4 Å². The van der Waals surface area contributed by atoms with E-state index in [1.807, 2.05) is 0 Å². The summed E-state index contributed by atoms with van der Waals surface area (Å²) in [6.45, 7) is 3.82. The van der Waals surface area contributed by atoms with Crippen LogP contribution in [-0.4, -0.2) is 55.2 Å². The summed E-state index contributed by atoms with van der Waals surface area (Å²) in [5.74, 6) is -3.62. The molecule has 138 valence electrons. The molecule has 1 aromatic rings. The Morgan fingerprint density at radius 1 is 1.29 bits per heavy atom. The smallest absolute Gasteiger partial charge is 0.257 e. The number of rotatable bonds is 3. The largest absolute Gasteiger partial charge is 0.379 e. The van der Waals surface area contributed by atoms with Crippen molar-refractivity contribution in [3.63, 3.8) is 0 Å². The maximum atomic E-state index is 14.1. The molecule has 0 bridgehead atoms. The highest BCUT2D eigenvalue weighted by Crippen LogP contribution is 2.37. The number of aromatic nitrogens is 1. The summed E-state index contributed by atoms with van der Waals surface area (Å²) in [7, 11) is 0. The third-order valence-corrected chi connectivity index (χ3v) is 4.40. The monoisotopic (exact) mass is 385 g/mol. The zero-order valence-corrected chi connectivity index (χ0v) is 14.9. The van der Waals surface area contributed by atoms with E-state index < -0.39 is 11.8 Å². The van der Waals surface area contributed by atoms with Crippen molar-refractivity contribution < 1.29 is 13.5 Å². The standard InChI is InChI=1S/C15H21F2N3O2.2ClH/c16-15(17)1-2-18-9-13(15)11-7-12(14(21)19-8-11)10-20-3-5-22-6-4-20;;/h7-8,13,18H,1-6,9-10H2,(H,19,21);2*1H. The molecule has 0 spiro atoms. The van der Waals surface area contributed by atoms with Crippen LogP contribution in [0.15, 0.2) is 17.1 Å². The van der Waals surface area contributed by atoms with Crippen LogP contribution in [0.4, 0.5) is 8.78 Å². The first-order chi connectivity index (χ1) is 10.6. The number of halogens is 4. The molecule has 24 heavy (non-hydrogen) atoms. The Kier molecular flexibility index (Phi) is 8.08. The second-order valence-electron chi connectivity index (χ2n) is 5.94. The highest BCUT2D eigenvalue weighted by molar-refractivity contribution is 5.85. The van der Waals surface area contributed by atoms with Gasteiger partial charge in [0.05, 0.1) is 19.1 Å². The lowest BCUT2D eigenvalue weighted by atomic mass is 9.88. The van der Waals surface area contributed by atoms with Crippen LogP contribution in [0, 0.1) is 0 Å². The van der Waals surface area contributed by atoms with E-state index in [0.717, 1.165) is 13.1 Å². The van der Waals surface area contributed by atoms with Crippen LogP contribution in [-0.2, 0) is 11.3 Å². The molecule has 3 heterocycles. The number of pyridine rings is 1. The Hall–Kier alpha value is -0.730. The number of hydrogen-bond donors (Lipinski definition) is 2. The first-order valence-electron chi connectivity index (χ1n) is 7.66. The lowest BCUT2D eigenvalue weighted by Crippen LogP contribution is -2.43. The van der Waals surface area contributed by atoms with E-state index in [0.29, 0.717) is 37.4 Å². The third-order valence-electron chi connectivity index (χ3n) is 4.40. The Morgan fingerprint density at radius 2 is 2.00 bits per heavy atom. The summed E-state index contributed by atoms with van der Waals surface area (Å²) in [5.41, 5.74) is 0.836. The van der Waals surface area contributed by atoms with Gasteiger partial charge >= 0.3 is 0 Å². The van der Waals surface area contributed by atoms with Crippen LogP contribution in [0.25, 0.3) is 0 Å². The van der Waals surface area contributed by atoms with Gasteiger partial charge in [-0.3, -0.25) is 9.69 Å². The number of nitrogens with zero attached hydrogens (tertiary/aromatic N) is 1. The molecule has 0 amide bonds. The fourth-order valence-corrected chi connectivity index (χ4v) is 3.06. The van der Waals surface area contributed by atoms with Crippen molar-refractivity contribution in [3.05, 3.63) is 33.7 Å². The summed E-state index contributed by atoms with van der Waals surface area (Å²) in [4.78, 5) is 16.7. The Bertz CT molecular complexity index is 580. The van der Waals surface area contributed by atoms with Crippen LogP contribution in [0.2, 0.25) is 0 Å². The summed E-state index contributed by atoms with van der Waals surface area (Å²) in [6, 6.07) is 1.64. The van der Waals surface area contributed by atoms with Gasteiger partial charge in [-0.25, -0.2) is 8.78 Å². The summed E-state index contributed by atoms with van der Waals surface area (Å²) in [5, 5.41) is 3.01. The highest BCUT2D eigenvalue weighted by atomic mass is 35.5. The Balaban J connectivity index is 0.00000144. The molecule has 0 aliphatic carbocycles. The van der Waals surface area contributed by atoms with Gasteiger partial charge < -0.3 is 15.0 Å². The average molecular weight is 386 g/mol. The zero-order valence-electron chi connectivity index (χ0n) is 13.2. The molecular formula is C15H23Cl2F2N3O2. The molecule has 2 aliphatic rings.